The van der Waals surface area contributed by atoms with Gasteiger partial charge >= 0.3 is 7.82 Å². The number of aryl methyl sites for hydroxylation is 1. The normalized spacial score (nSPS) is 14.1. The molecule has 2 aromatic heterocycles. The van der Waals surface area contributed by atoms with Gasteiger partial charge in [-0.05, 0) is 55.9 Å². The first-order valence-electron chi connectivity index (χ1n) is 11.7. The zero-order valence-electron chi connectivity index (χ0n) is 19.7. The number of hydrogen-bond acceptors (Lipinski definition) is 5. The van der Waals surface area contributed by atoms with Crippen molar-refractivity contribution in [1.82, 2.24) is 14.6 Å². The number of hydrogen-bond donors (Lipinski definition) is 3. The predicted molar refractivity (Wildman–Crippen MR) is 136 cm³/mol. The number of ether oxygens (including phenoxy) is 1. The molecule has 0 bridgehead atoms. The fourth-order valence-corrected chi connectivity index (χ4v) is 4.77. The largest absolute Gasteiger partial charge is 0.472 e. The Morgan fingerprint density at radius 3 is 2.44 bits per heavy atom. The van der Waals surface area contributed by atoms with E-state index >= 15 is 0 Å². The Balaban J connectivity index is 1.58. The summed E-state index contributed by atoms with van der Waals surface area (Å²) in [5.74, 6) is 0.347. The van der Waals surface area contributed by atoms with Crippen LogP contribution in [0.5, 0.6) is 5.75 Å². The summed E-state index contributed by atoms with van der Waals surface area (Å²) in [6, 6.07) is 16.5. The van der Waals surface area contributed by atoms with Crippen LogP contribution in [-0.2, 0) is 9.09 Å². The highest BCUT2D eigenvalue weighted by Gasteiger charge is 2.23. The van der Waals surface area contributed by atoms with E-state index in [9.17, 15) is 9.36 Å². The molecule has 10 heteroatoms. The van der Waals surface area contributed by atoms with E-state index in [2.05, 4.69) is 15.6 Å². The van der Waals surface area contributed by atoms with Crippen LogP contribution in [0.15, 0.2) is 65.5 Å². The zero-order valence-corrected chi connectivity index (χ0v) is 20.6. The maximum atomic E-state index is 13.7. The highest BCUT2D eigenvalue weighted by Crippen LogP contribution is 2.37. The van der Waals surface area contributed by atoms with Gasteiger partial charge in [0.1, 0.15) is 17.1 Å². The van der Waals surface area contributed by atoms with E-state index in [0.29, 0.717) is 28.2 Å². The summed E-state index contributed by atoms with van der Waals surface area (Å²) in [6.45, 7) is 1.27. The maximum Gasteiger partial charge on any atom is 0.472 e. The van der Waals surface area contributed by atoms with Crippen molar-refractivity contribution in [2.75, 3.05) is 6.79 Å². The average molecular weight is 507 g/mol. The molecule has 9 nitrogen and oxygen atoms in total. The average Bonchev–Trinajstić information content (AvgIpc) is 3.25. The second kappa shape index (κ2) is 9.87. The number of aromatic amines is 1. The van der Waals surface area contributed by atoms with E-state index in [1.165, 1.54) is 10.1 Å². The standard InChI is InChI=1S/C26H26N3O6P/c1-17-22(19-12-14-21(15-13-19)34-16-35-36(31,32)33)26(30)29-25(27-17)23(18-8-4-2-5-9-18)24(28-29)20-10-6-3-7-11-20/h3,6-8,10-15,27H,2,4-5,9,16H2,1H3,(H2,31,32,33). The molecule has 0 unspecified atom stereocenters. The van der Waals surface area contributed by atoms with Crippen molar-refractivity contribution in [3.8, 4) is 28.1 Å². The predicted octanol–water partition coefficient (Wildman–Crippen LogP) is 5.07. The summed E-state index contributed by atoms with van der Waals surface area (Å²) < 4.78 is 21.8. The maximum absolute atomic E-state index is 13.7. The second-order valence-corrected chi connectivity index (χ2v) is 9.90. The minimum atomic E-state index is -4.62. The van der Waals surface area contributed by atoms with Crippen LogP contribution in [0.1, 0.15) is 36.9 Å². The van der Waals surface area contributed by atoms with Gasteiger partial charge in [0, 0.05) is 16.8 Å². The number of fused-ring (bicyclic) bond motifs is 1. The third-order valence-corrected chi connectivity index (χ3v) is 6.66. The fourth-order valence-electron chi connectivity index (χ4n) is 4.58. The molecule has 0 saturated carbocycles. The molecule has 0 atom stereocenters. The van der Waals surface area contributed by atoms with Gasteiger partial charge in [0.15, 0.2) is 6.79 Å². The molecule has 0 radical (unpaired) electrons. The number of aromatic nitrogens is 3. The third kappa shape index (κ3) is 4.92. The number of nitrogens with one attached hydrogen (secondary N) is 1. The van der Waals surface area contributed by atoms with E-state index in [1.807, 2.05) is 37.3 Å². The smallest absolute Gasteiger partial charge is 0.467 e. The minimum absolute atomic E-state index is 0.236. The third-order valence-electron chi connectivity index (χ3n) is 6.22. The molecule has 0 spiro atoms. The van der Waals surface area contributed by atoms with Crippen molar-refractivity contribution >= 4 is 19.0 Å². The molecule has 2 heterocycles. The zero-order chi connectivity index (χ0) is 25.3. The van der Waals surface area contributed by atoms with Gasteiger partial charge in [0.25, 0.3) is 5.56 Å². The Kier molecular flexibility index (Phi) is 6.64. The van der Waals surface area contributed by atoms with Crippen LogP contribution in [0.4, 0.5) is 0 Å². The van der Waals surface area contributed by atoms with Crippen LogP contribution < -0.4 is 10.3 Å². The monoisotopic (exact) mass is 507 g/mol. The Bertz CT molecular complexity index is 1530. The van der Waals surface area contributed by atoms with E-state index < -0.39 is 14.6 Å². The number of phosphoric acid groups is 1. The molecule has 0 aliphatic heterocycles. The number of H-pyrrole nitrogens is 1. The summed E-state index contributed by atoms with van der Waals surface area (Å²) in [4.78, 5) is 34.7. The van der Waals surface area contributed by atoms with Gasteiger partial charge < -0.3 is 19.5 Å². The van der Waals surface area contributed by atoms with Gasteiger partial charge in [-0.15, -0.1) is 0 Å². The summed E-state index contributed by atoms with van der Waals surface area (Å²) >= 11 is 0. The molecule has 3 N–H and O–H groups in total. The number of phosphoric ester groups is 1. The molecular formula is C26H26N3O6P. The van der Waals surface area contributed by atoms with Crippen molar-refractivity contribution < 1.29 is 23.6 Å². The Hall–Kier alpha value is -3.49. The second-order valence-electron chi connectivity index (χ2n) is 8.66. The quantitative estimate of drug-likeness (QED) is 0.236. The molecule has 1 aliphatic rings. The molecule has 5 rings (SSSR count). The van der Waals surface area contributed by atoms with E-state index in [1.54, 1.807) is 24.3 Å². The molecular weight excluding hydrogens is 481 g/mol. The van der Waals surface area contributed by atoms with Crippen molar-refractivity contribution in [2.45, 2.75) is 32.6 Å². The number of rotatable bonds is 7. The Morgan fingerprint density at radius 1 is 1.03 bits per heavy atom. The van der Waals surface area contributed by atoms with E-state index in [0.717, 1.165) is 42.5 Å². The molecule has 0 fully saturated rings. The van der Waals surface area contributed by atoms with Gasteiger partial charge in [0.05, 0.1) is 5.56 Å². The molecule has 2 aromatic carbocycles. The highest BCUT2D eigenvalue weighted by atomic mass is 31.2. The van der Waals surface area contributed by atoms with Crippen LogP contribution in [0.2, 0.25) is 0 Å². The van der Waals surface area contributed by atoms with Gasteiger partial charge in [-0.2, -0.15) is 9.61 Å². The summed E-state index contributed by atoms with van der Waals surface area (Å²) in [7, 11) is -4.62. The lowest BCUT2D eigenvalue weighted by molar-refractivity contribution is 0.0829. The summed E-state index contributed by atoms with van der Waals surface area (Å²) in [6.07, 6.45) is 6.47. The number of benzene rings is 2. The Morgan fingerprint density at radius 2 is 1.78 bits per heavy atom. The molecule has 4 aromatic rings. The van der Waals surface area contributed by atoms with E-state index in [4.69, 9.17) is 19.6 Å². The molecule has 0 amide bonds. The highest BCUT2D eigenvalue weighted by molar-refractivity contribution is 7.46. The van der Waals surface area contributed by atoms with E-state index in [-0.39, 0.29) is 5.56 Å². The summed E-state index contributed by atoms with van der Waals surface area (Å²) in [5.41, 5.74) is 6.21. The fraction of sp³-hybridized carbons (Fsp3) is 0.231. The first kappa shape index (κ1) is 24.2. The van der Waals surface area contributed by atoms with Crippen LogP contribution in [0.25, 0.3) is 33.6 Å². The summed E-state index contributed by atoms with van der Waals surface area (Å²) in [5, 5.41) is 4.78. The lowest BCUT2D eigenvalue weighted by atomic mass is 9.92. The van der Waals surface area contributed by atoms with Crippen LogP contribution in [-0.4, -0.2) is 31.2 Å². The topological polar surface area (TPSA) is 126 Å². The van der Waals surface area contributed by atoms with Crippen LogP contribution >= 0.6 is 7.82 Å². The minimum Gasteiger partial charge on any atom is -0.467 e. The van der Waals surface area contributed by atoms with Crippen molar-refractivity contribution in [3.05, 3.63) is 82.3 Å². The van der Waals surface area contributed by atoms with Crippen molar-refractivity contribution in [1.29, 1.82) is 0 Å². The molecule has 186 valence electrons. The first-order chi connectivity index (χ1) is 17.3. The van der Waals surface area contributed by atoms with Crippen LogP contribution in [0.3, 0.4) is 0 Å². The van der Waals surface area contributed by atoms with Gasteiger partial charge in [-0.3, -0.25) is 4.79 Å². The molecule has 1 aliphatic carbocycles. The number of nitrogens with zero attached hydrogens (tertiary/aromatic N) is 2. The number of allylic oxidation sites excluding steroid dienone is 2. The van der Waals surface area contributed by atoms with Gasteiger partial charge in [-0.1, -0.05) is 48.5 Å². The Labute approximate surface area is 207 Å². The molecule has 36 heavy (non-hydrogen) atoms. The van der Waals surface area contributed by atoms with Crippen molar-refractivity contribution in [2.24, 2.45) is 0 Å². The van der Waals surface area contributed by atoms with Gasteiger partial charge in [0.2, 0.25) is 0 Å². The molecule has 0 saturated heterocycles. The first-order valence-corrected chi connectivity index (χ1v) is 13.2. The SMILES string of the molecule is Cc1[nH]c2c(C3=CCCCC3)c(-c3ccccc3)nn2c(=O)c1-c1ccc(OCOP(=O)(O)O)cc1. The van der Waals surface area contributed by atoms with Gasteiger partial charge in [-0.25, -0.2) is 9.09 Å². The lowest BCUT2D eigenvalue weighted by Gasteiger charge is -2.14. The lowest BCUT2D eigenvalue weighted by Crippen LogP contribution is -2.19. The van der Waals surface area contributed by atoms with Crippen LogP contribution in [0, 0.1) is 6.92 Å². The van der Waals surface area contributed by atoms with Crippen molar-refractivity contribution in [3.63, 3.8) is 0 Å².